The van der Waals surface area contributed by atoms with Gasteiger partial charge in [0.15, 0.2) is 5.69 Å². The number of hydrogen-bond acceptors (Lipinski definition) is 6. The number of anilines is 3. The fourth-order valence-corrected chi connectivity index (χ4v) is 3.04. The van der Waals surface area contributed by atoms with Gasteiger partial charge in [-0.3, -0.25) is 0 Å². The molecule has 3 heterocycles. The van der Waals surface area contributed by atoms with Gasteiger partial charge in [0, 0.05) is 30.0 Å². The van der Waals surface area contributed by atoms with Gasteiger partial charge in [-0.05, 0) is 31.2 Å². The molecule has 1 atom stereocenters. The standard InChI is InChI=1S/C17H17F3N6O/c1-11-9-27-7-6-25(11)13-4-2-12(3-5-13)23-15-8-14(17(18,19)20)24-16-21-10-22-26(15)16/h2-5,8,10-11,23H,6-7,9H2,1H3. The van der Waals surface area contributed by atoms with Crippen molar-refractivity contribution >= 4 is 23.0 Å². The van der Waals surface area contributed by atoms with E-state index < -0.39 is 11.9 Å². The molecule has 1 aromatic carbocycles. The molecule has 4 rings (SSSR count). The topological polar surface area (TPSA) is 67.6 Å². The molecule has 3 aromatic rings. The molecule has 2 aromatic heterocycles. The van der Waals surface area contributed by atoms with Crippen molar-refractivity contribution in [2.45, 2.75) is 19.1 Å². The molecule has 1 saturated heterocycles. The highest BCUT2D eigenvalue weighted by Crippen LogP contribution is 2.31. The van der Waals surface area contributed by atoms with E-state index in [1.54, 1.807) is 0 Å². The van der Waals surface area contributed by atoms with Crippen molar-refractivity contribution in [1.29, 1.82) is 0 Å². The summed E-state index contributed by atoms with van der Waals surface area (Å²) in [5, 5.41) is 6.89. The Kier molecular flexibility index (Phi) is 4.34. The molecule has 0 aliphatic carbocycles. The fraction of sp³-hybridized carbons (Fsp3) is 0.353. The molecule has 0 bridgehead atoms. The lowest BCUT2D eigenvalue weighted by Gasteiger charge is -2.35. The second kappa shape index (κ2) is 6.69. The Hall–Kier alpha value is -2.88. The zero-order valence-electron chi connectivity index (χ0n) is 14.4. The Morgan fingerprint density at radius 2 is 2.00 bits per heavy atom. The first kappa shape index (κ1) is 17.5. The van der Waals surface area contributed by atoms with Crippen LogP contribution < -0.4 is 10.2 Å². The van der Waals surface area contributed by atoms with Crippen molar-refractivity contribution in [2.75, 3.05) is 30.0 Å². The first-order valence-corrected chi connectivity index (χ1v) is 8.41. The number of alkyl halides is 3. The maximum Gasteiger partial charge on any atom is 0.433 e. The largest absolute Gasteiger partial charge is 0.433 e. The summed E-state index contributed by atoms with van der Waals surface area (Å²) in [5.41, 5.74) is 0.646. The van der Waals surface area contributed by atoms with Crippen LogP contribution in [0.3, 0.4) is 0 Å². The van der Waals surface area contributed by atoms with E-state index in [0.717, 1.165) is 24.6 Å². The Labute approximate surface area is 152 Å². The third kappa shape index (κ3) is 3.52. The monoisotopic (exact) mass is 378 g/mol. The summed E-state index contributed by atoms with van der Waals surface area (Å²) in [6.07, 6.45) is -3.41. The first-order chi connectivity index (χ1) is 12.9. The Morgan fingerprint density at radius 3 is 2.70 bits per heavy atom. The number of ether oxygens (including phenoxy) is 1. The third-order valence-corrected chi connectivity index (χ3v) is 4.38. The number of nitrogens with one attached hydrogen (secondary N) is 1. The number of morpholine rings is 1. The summed E-state index contributed by atoms with van der Waals surface area (Å²) in [6, 6.07) is 8.66. The molecule has 27 heavy (non-hydrogen) atoms. The van der Waals surface area contributed by atoms with Crippen LogP contribution in [0.5, 0.6) is 0 Å². The lowest BCUT2D eigenvalue weighted by molar-refractivity contribution is -0.141. The quantitative estimate of drug-likeness (QED) is 0.755. The molecular weight excluding hydrogens is 361 g/mol. The van der Waals surface area contributed by atoms with E-state index in [2.05, 4.69) is 32.2 Å². The zero-order valence-corrected chi connectivity index (χ0v) is 14.4. The highest BCUT2D eigenvalue weighted by Gasteiger charge is 2.34. The van der Waals surface area contributed by atoms with Crippen molar-refractivity contribution in [3.8, 4) is 0 Å². The second-order valence-corrected chi connectivity index (χ2v) is 6.29. The van der Waals surface area contributed by atoms with E-state index in [0.29, 0.717) is 18.9 Å². The summed E-state index contributed by atoms with van der Waals surface area (Å²) in [5.74, 6) is 0.0170. The minimum Gasteiger partial charge on any atom is -0.377 e. The molecule has 10 heteroatoms. The molecule has 7 nitrogen and oxygen atoms in total. The van der Waals surface area contributed by atoms with Crippen LogP contribution in [-0.4, -0.2) is 45.4 Å². The summed E-state index contributed by atoms with van der Waals surface area (Å²) in [6.45, 7) is 4.22. The predicted molar refractivity (Wildman–Crippen MR) is 93.1 cm³/mol. The van der Waals surface area contributed by atoms with Crippen molar-refractivity contribution < 1.29 is 17.9 Å². The second-order valence-electron chi connectivity index (χ2n) is 6.29. The van der Waals surface area contributed by atoms with Crippen LogP contribution in [0.4, 0.5) is 30.4 Å². The van der Waals surface area contributed by atoms with Gasteiger partial charge in [0.25, 0.3) is 5.78 Å². The van der Waals surface area contributed by atoms with Crippen LogP contribution >= 0.6 is 0 Å². The molecule has 1 aliphatic rings. The van der Waals surface area contributed by atoms with Gasteiger partial charge >= 0.3 is 6.18 Å². The van der Waals surface area contributed by atoms with Crippen LogP contribution in [0.25, 0.3) is 5.78 Å². The van der Waals surface area contributed by atoms with Gasteiger partial charge in [-0.1, -0.05) is 0 Å². The summed E-state index contributed by atoms with van der Waals surface area (Å²) >= 11 is 0. The van der Waals surface area contributed by atoms with E-state index in [1.807, 2.05) is 24.3 Å². The summed E-state index contributed by atoms with van der Waals surface area (Å²) < 4.78 is 45.9. The molecule has 1 aliphatic heterocycles. The molecule has 1 N–H and O–H groups in total. The van der Waals surface area contributed by atoms with Gasteiger partial charge in [-0.2, -0.15) is 27.8 Å². The minimum atomic E-state index is -4.57. The predicted octanol–water partition coefficient (Wildman–Crippen LogP) is 3.11. The number of aromatic nitrogens is 4. The number of fused-ring (bicyclic) bond motifs is 1. The van der Waals surface area contributed by atoms with Crippen LogP contribution in [0.2, 0.25) is 0 Å². The van der Waals surface area contributed by atoms with Gasteiger partial charge in [0.1, 0.15) is 12.1 Å². The van der Waals surface area contributed by atoms with E-state index in [4.69, 9.17) is 4.74 Å². The van der Waals surface area contributed by atoms with Crippen molar-refractivity contribution in [2.24, 2.45) is 0 Å². The van der Waals surface area contributed by atoms with Gasteiger partial charge in [-0.25, -0.2) is 4.98 Å². The molecule has 142 valence electrons. The normalized spacial score (nSPS) is 18.1. The molecule has 0 spiro atoms. The van der Waals surface area contributed by atoms with Crippen LogP contribution in [0, 0.1) is 0 Å². The van der Waals surface area contributed by atoms with Gasteiger partial charge < -0.3 is 15.0 Å². The number of benzene rings is 1. The maximum atomic E-state index is 13.1. The summed E-state index contributed by atoms with van der Waals surface area (Å²) in [7, 11) is 0. The third-order valence-electron chi connectivity index (χ3n) is 4.38. The van der Waals surface area contributed by atoms with E-state index in [1.165, 1.54) is 4.52 Å². The van der Waals surface area contributed by atoms with E-state index in [-0.39, 0.29) is 17.6 Å². The summed E-state index contributed by atoms with van der Waals surface area (Å²) in [4.78, 5) is 9.49. The van der Waals surface area contributed by atoms with E-state index in [9.17, 15) is 13.2 Å². The average molecular weight is 378 g/mol. The van der Waals surface area contributed by atoms with Crippen molar-refractivity contribution in [1.82, 2.24) is 19.6 Å². The molecule has 0 radical (unpaired) electrons. The Bertz CT molecular complexity index is 940. The lowest BCUT2D eigenvalue weighted by atomic mass is 10.2. The number of rotatable bonds is 3. The van der Waals surface area contributed by atoms with E-state index >= 15 is 0 Å². The Morgan fingerprint density at radius 1 is 1.22 bits per heavy atom. The average Bonchev–Trinajstić information content (AvgIpc) is 3.11. The van der Waals surface area contributed by atoms with Gasteiger partial charge in [-0.15, -0.1) is 0 Å². The number of halogens is 3. The number of hydrogen-bond donors (Lipinski definition) is 1. The number of nitrogens with zero attached hydrogens (tertiary/aromatic N) is 5. The van der Waals surface area contributed by atoms with Gasteiger partial charge in [0.2, 0.25) is 0 Å². The first-order valence-electron chi connectivity index (χ1n) is 8.41. The smallest absolute Gasteiger partial charge is 0.377 e. The minimum absolute atomic E-state index is 0.119. The fourth-order valence-electron chi connectivity index (χ4n) is 3.04. The molecule has 1 fully saturated rings. The molecule has 1 unspecified atom stereocenters. The highest BCUT2D eigenvalue weighted by atomic mass is 19.4. The maximum absolute atomic E-state index is 13.1. The molecule has 0 amide bonds. The Balaban J connectivity index is 1.61. The zero-order chi connectivity index (χ0) is 19.0. The van der Waals surface area contributed by atoms with Crippen LogP contribution in [-0.2, 0) is 10.9 Å². The SMILES string of the molecule is CC1COCCN1c1ccc(Nc2cc(C(F)(F)F)nc3ncnn23)cc1. The molecular formula is C17H17F3N6O. The lowest BCUT2D eigenvalue weighted by Crippen LogP contribution is -2.43. The van der Waals surface area contributed by atoms with Crippen LogP contribution in [0.1, 0.15) is 12.6 Å². The molecule has 0 saturated carbocycles. The highest BCUT2D eigenvalue weighted by molar-refractivity contribution is 5.62. The van der Waals surface area contributed by atoms with Crippen molar-refractivity contribution in [3.05, 3.63) is 42.4 Å². The van der Waals surface area contributed by atoms with Crippen LogP contribution in [0.15, 0.2) is 36.7 Å². The van der Waals surface area contributed by atoms with Crippen molar-refractivity contribution in [3.63, 3.8) is 0 Å². The van der Waals surface area contributed by atoms with Gasteiger partial charge in [0.05, 0.1) is 13.2 Å².